The molecule has 0 bridgehead atoms. The van der Waals surface area contributed by atoms with Crippen LogP contribution in [0.1, 0.15) is 5.56 Å². The van der Waals surface area contributed by atoms with Gasteiger partial charge in [-0.3, -0.25) is 0 Å². The lowest BCUT2D eigenvalue weighted by atomic mass is 10.0. The minimum absolute atomic E-state index is 0.299. The molecule has 0 aliphatic carbocycles. The van der Waals surface area contributed by atoms with Crippen molar-refractivity contribution in [2.75, 3.05) is 0 Å². The van der Waals surface area contributed by atoms with Gasteiger partial charge in [-0.2, -0.15) is 0 Å². The van der Waals surface area contributed by atoms with Crippen molar-refractivity contribution in [3.05, 3.63) is 57.2 Å². The molecular formula is C13H9F2I. The van der Waals surface area contributed by atoms with Crippen molar-refractivity contribution in [1.29, 1.82) is 0 Å². The molecule has 0 amide bonds. The van der Waals surface area contributed by atoms with E-state index in [0.29, 0.717) is 9.13 Å². The zero-order valence-electron chi connectivity index (χ0n) is 8.60. The minimum Gasteiger partial charge on any atom is -0.203 e. The number of aryl methyl sites for hydroxylation is 1. The molecule has 2 rings (SSSR count). The maximum absolute atomic E-state index is 13.7. The molecule has 82 valence electrons. The normalized spacial score (nSPS) is 10.5. The number of rotatable bonds is 1. The second-order valence-electron chi connectivity index (χ2n) is 3.54. The summed E-state index contributed by atoms with van der Waals surface area (Å²) >= 11 is 1.78. The average molecular weight is 330 g/mol. The first-order valence-electron chi connectivity index (χ1n) is 4.80. The summed E-state index contributed by atoms with van der Waals surface area (Å²) in [5.41, 5.74) is 1.98. The molecule has 0 saturated carbocycles. The molecule has 0 aliphatic heterocycles. The Balaban J connectivity index is 2.66. The molecule has 0 saturated heterocycles. The van der Waals surface area contributed by atoms with E-state index in [1.807, 2.05) is 25.1 Å². The van der Waals surface area contributed by atoms with Crippen molar-refractivity contribution in [1.82, 2.24) is 0 Å². The van der Waals surface area contributed by atoms with Gasteiger partial charge in [0.2, 0.25) is 0 Å². The second kappa shape index (κ2) is 4.49. The number of hydrogen-bond donors (Lipinski definition) is 0. The van der Waals surface area contributed by atoms with Gasteiger partial charge in [-0.15, -0.1) is 0 Å². The Kier molecular flexibility index (Phi) is 3.23. The van der Waals surface area contributed by atoms with Gasteiger partial charge in [0, 0.05) is 5.56 Å². The Bertz CT molecular complexity index is 535. The van der Waals surface area contributed by atoms with Crippen LogP contribution in [0.2, 0.25) is 0 Å². The molecule has 0 spiro atoms. The first kappa shape index (κ1) is 11.5. The average Bonchev–Trinajstić information content (AvgIpc) is 2.28. The smallest absolute Gasteiger partial charge is 0.172 e. The highest BCUT2D eigenvalue weighted by atomic mass is 127. The fourth-order valence-corrected chi connectivity index (χ4v) is 2.03. The van der Waals surface area contributed by atoms with E-state index < -0.39 is 11.6 Å². The summed E-state index contributed by atoms with van der Waals surface area (Å²) in [5.74, 6) is -1.55. The van der Waals surface area contributed by atoms with Crippen LogP contribution in [0.15, 0.2) is 36.4 Å². The highest BCUT2D eigenvalue weighted by Gasteiger charge is 2.13. The van der Waals surface area contributed by atoms with Gasteiger partial charge in [-0.05, 0) is 46.7 Å². The molecule has 0 aromatic heterocycles. The lowest BCUT2D eigenvalue weighted by Gasteiger charge is -2.08. The molecule has 0 radical (unpaired) electrons. The van der Waals surface area contributed by atoms with Crippen LogP contribution in [0.25, 0.3) is 11.1 Å². The Morgan fingerprint density at radius 1 is 0.875 bits per heavy atom. The van der Waals surface area contributed by atoms with Crippen molar-refractivity contribution in [2.24, 2.45) is 0 Å². The van der Waals surface area contributed by atoms with Gasteiger partial charge in [0.1, 0.15) is 0 Å². The Morgan fingerprint density at radius 3 is 2.25 bits per heavy atom. The van der Waals surface area contributed by atoms with E-state index in [-0.39, 0.29) is 0 Å². The topological polar surface area (TPSA) is 0 Å². The molecule has 2 aromatic carbocycles. The molecule has 2 aromatic rings. The minimum atomic E-state index is -0.777. The van der Waals surface area contributed by atoms with E-state index >= 15 is 0 Å². The largest absolute Gasteiger partial charge is 0.203 e. The van der Waals surface area contributed by atoms with Crippen LogP contribution in [-0.4, -0.2) is 0 Å². The molecule has 0 atom stereocenters. The Labute approximate surface area is 106 Å². The van der Waals surface area contributed by atoms with E-state index in [1.54, 1.807) is 40.8 Å². The monoisotopic (exact) mass is 330 g/mol. The number of halogens is 3. The van der Waals surface area contributed by atoms with Crippen molar-refractivity contribution in [3.63, 3.8) is 0 Å². The van der Waals surface area contributed by atoms with Crippen LogP contribution < -0.4 is 0 Å². The Hall–Kier alpha value is -0.970. The molecule has 0 nitrogen and oxygen atoms in total. The lowest BCUT2D eigenvalue weighted by Crippen LogP contribution is -1.94. The standard InChI is InChI=1S/C13H9F2I/c1-8-4-2-3-5-9(8)10-6-7-11(16)13(15)12(10)14/h2-7H,1H3. The summed E-state index contributed by atoms with van der Waals surface area (Å²) in [5, 5.41) is 0. The summed E-state index contributed by atoms with van der Waals surface area (Å²) < 4.78 is 27.5. The fraction of sp³-hybridized carbons (Fsp3) is 0.0769. The molecule has 16 heavy (non-hydrogen) atoms. The van der Waals surface area contributed by atoms with Crippen LogP contribution in [0.3, 0.4) is 0 Å². The van der Waals surface area contributed by atoms with E-state index in [9.17, 15) is 8.78 Å². The zero-order chi connectivity index (χ0) is 11.7. The van der Waals surface area contributed by atoms with Gasteiger partial charge in [-0.1, -0.05) is 30.3 Å². The zero-order valence-corrected chi connectivity index (χ0v) is 10.8. The quantitative estimate of drug-likeness (QED) is 0.532. The highest BCUT2D eigenvalue weighted by Crippen LogP contribution is 2.29. The van der Waals surface area contributed by atoms with Crippen molar-refractivity contribution in [2.45, 2.75) is 6.92 Å². The number of benzene rings is 2. The molecule has 0 aliphatic rings. The maximum atomic E-state index is 13.7. The van der Waals surface area contributed by atoms with E-state index in [0.717, 1.165) is 11.1 Å². The van der Waals surface area contributed by atoms with E-state index in [4.69, 9.17) is 0 Å². The van der Waals surface area contributed by atoms with Gasteiger partial charge in [0.05, 0.1) is 3.57 Å². The first-order chi connectivity index (χ1) is 7.61. The van der Waals surface area contributed by atoms with Crippen LogP contribution in [-0.2, 0) is 0 Å². The fourth-order valence-electron chi connectivity index (χ4n) is 1.61. The SMILES string of the molecule is Cc1ccccc1-c1ccc(I)c(F)c1F. The van der Waals surface area contributed by atoms with Crippen LogP contribution in [0.5, 0.6) is 0 Å². The molecule has 0 unspecified atom stereocenters. The Morgan fingerprint density at radius 2 is 1.56 bits per heavy atom. The van der Waals surface area contributed by atoms with Crippen LogP contribution >= 0.6 is 22.6 Å². The molecular weight excluding hydrogens is 321 g/mol. The van der Waals surface area contributed by atoms with Crippen LogP contribution in [0.4, 0.5) is 8.78 Å². The molecule has 0 N–H and O–H groups in total. The maximum Gasteiger partial charge on any atom is 0.172 e. The first-order valence-corrected chi connectivity index (χ1v) is 5.88. The predicted octanol–water partition coefficient (Wildman–Crippen LogP) is 4.54. The predicted molar refractivity (Wildman–Crippen MR) is 69.2 cm³/mol. The summed E-state index contributed by atoms with van der Waals surface area (Å²) in [7, 11) is 0. The van der Waals surface area contributed by atoms with E-state index in [1.165, 1.54) is 0 Å². The molecule has 0 heterocycles. The highest BCUT2D eigenvalue weighted by molar-refractivity contribution is 14.1. The number of hydrogen-bond acceptors (Lipinski definition) is 0. The van der Waals surface area contributed by atoms with Gasteiger partial charge >= 0.3 is 0 Å². The van der Waals surface area contributed by atoms with Crippen molar-refractivity contribution in [3.8, 4) is 11.1 Å². The van der Waals surface area contributed by atoms with Crippen molar-refractivity contribution < 1.29 is 8.78 Å². The third-order valence-corrected chi connectivity index (χ3v) is 3.30. The van der Waals surface area contributed by atoms with Gasteiger partial charge in [0.25, 0.3) is 0 Å². The molecule has 3 heteroatoms. The third kappa shape index (κ3) is 1.96. The van der Waals surface area contributed by atoms with Gasteiger partial charge < -0.3 is 0 Å². The third-order valence-electron chi connectivity index (χ3n) is 2.47. The van der Waals surface area contributed by atoms with Gasteiger partial charge in [-0.25, -0.2) is 8.78 Å². The van der Waals surface area contributed by atoms with E-state index in [2.05, 4.69) is 0 Å². The van der Waals surface area contributed by atoms with Crippen molar-refractivity contribution >= 4 is 22.6 Å². The lowest BCUT2D eigenvalue weighted by molar-refractivity contribution is 0.506. The summed E-state index contributed by atoms with van der Waals surface area (Å²) in [6.07, 6.45) is 0. The summed E-state index contributed by atoms with van der Waals surface area (Å²) in [4.78, 5) is 0. The van der Waals surface area contributed by atoms with Gasteiger partial charge in [0.15, 0.2) is 11.6 Å². The summed E-state index contributed by atoms with van der Waals surface area (Å²) in [6.45, 7) is 1.88. The van der Waals surface area contributed by atoms with Crippen LogP contribution in [0, 0.1) is 22.1 Å². The summed E-state index contributed by atoms with van der Waals surface area (Å²) in [6, 6.07) is 10.6. The molecule has 0 fully saturated rings. The second-order valence-corrected chi connectivity index (χ2v) is 4.70.